The molecule has 18 heavy (non-hydrogen) atoms. The van der Waals surface area contributed by atoms with Gasteiger partial charge < -0.3 is 5.32 Å². The molecule has 3 nitrogen and oxygen atoms in total. The van der Waals surface area contributed by atoms with Crippen molar-refractivity contribution in [3.8, 4) is 0 Å². The lowest BCUT2D eigenvalue weighted by Crippen LogP contribution is -2.37. The summed E-state index contributed by atoms with van der Waals surface area (Å²) in [6, 6.07) is 0.593. The SMILES string of the molecule is CCCCC(CC)C(Cc1cnn(C)c1)NCC. The minimum absolute atomic E-state index is 0.593. The Morgan fingerprint density at radius 2 is 2.11 bits per heavy atom. The van der Waals surface area contributed by atoms with Gasteiger partial charge in [0.2, 0.25) is 0 Å². The summed E-state index contributed by atoms with van der Waals surface area (Å²) in [5.41, 5.74) is 1.35. The lowest BCUT2D eigenvalue weighted by atomic mass is 9.88. The molecule has 2 unspecified atom stereocenters. The molecule has 0 aliphatic carbocycles. The number of aromatic nitrogens is 2. The fraction of sp³-hybridized carbons (Fsp3) is 0.800. The van der Waals surface area contributed by atoms with Crippen molar-refractivity contribution in [1.29, 1.82) is 0 Å². The quantitative estimate of drug-likeness (QED) is 0.730. The summed E-state index contributed by atoms with van der Waals surface area (Å²) in [4.78, 5) is 0. The number of hydrogen-bond acceptors (Lipinski definition) is 2. The first-order valence-electron chi connectivity index (χ1n) is 7.42. The van der Waals surface area contributed by atoms with E-state index in [4.69, 9.17) is 0 Å². The summed E-state index contributed by atoms with van der Waals surface area (Å²) < 4.78 is 1.89. The van der Waals surface area contributed by atoms with Crippen molar-refractivity contribution < 1.29 is 0 Å². The van der Waals surface area contributed by atoms with Crippen molar-refractivity contribution in [1.82, 2.24) is 15.1 Å². The third kappa shape index (κ3) is 4.81. The second-order valence-electron chi connectivity index (χ2n) is 5.20. The highest BCUT2D eigenvalue weighted by Gasteiger charge is 2.19. The Morgan fingerprint density at radius 1 is 1.33 bits per heavy atom. The Kier molecular flexibility index (Phi) is 7.02. The Bertz CT molecular complexity index is 319. The summed E-state index contributed by atoms with van der Waals surface area (Å²) in [6.45, 7) is 7.83. The molecule has 0 aliphatic rings. The Morgan fingerprint density at radius 3 is 2.61 bits per heavy atom. The molecule has 0 saturated heterocycles. The smallest absolute Gasteiger partial charge is 0.0522 e. The zero-order valence-corrected chi connectivity index (χ0v) is 12.4. The second-order valence-corrected chi connectivity index (χ2v) is 5.20. The molecule has 104 valence electrons. The Balaban J connectivity index is 2.61. The lowest BCUT2D eigenvalue weighted by Gasteiger charge is -2.26. The van der Waals surface area contributed by atoms with E-state index >= 15 is 0 Å². The molecule has 1 aromatic rings. The molecule has 1 N–H and O–H groups in total. The number of nitrogens with one attached hydrogen (secondary N) is 1. The molecule has 2 atom stereocenters. The predicted octanol–water partition coefficient (Wildman–Crippen LogP) is 3.16. The third-order valence-electron chi connectivity index (χ3n) is 3.70. The van der Waals surface area contributed by atoms with Crippen molar-refractivity contribution >= 4 is 0 Å². The molecule has 0 spiro atoms. The number of hydrogen-bond donors (Lipinski definition) is 1. The highest BCUT2D eigenvalue weighted by atomic mass is 15.2. The average molecular weight is 251 g/mol. The van der Waals surface area contributed by atoms with Gasteiger partial charge in [-0.15, -0.1) is 0 Å². The molecule has 0 amide bonds. The molecule has 0 radical (unpaired) electrons. The van der Waals surface area contributed by atoms with E-state index in [-0.39, 0.29) is 0 Å². The maximum absolute atomic E-state index is 4.27. The molecule has 0 aliphatic heterocycles. The Labute approximate surface area is 112 Å². The van der Waals surface area contributed by atoms with Crippen LogP contribution in [0.2, 0.25) is 0 Å². The fourth-order valence-corrected chi connectivity index (χ4v) is 2.66. The zero-order valence-electron chi connectivity index (χ0n) is 12.4. The summed E-state index contributed by atoms with van der Waals surface area (Å²) in [5.74, 6) is 0.783. The van der Waals surface area contributed by atoms with E-state index in [1.165, 1.54) is 31.2 Å². The number of aryl methyl sites for hydroxylation is 1. The van der Waals surface area contributed by atoms with Crippen LogP contribution in [0.25, 0.3) is 0 Å². The van der Waals surface area contributed by atoms with E-state index in [1.807, 2.05) is 17.9 Å². The number of rotatable bonds is 9. The zero-order chi connectivity index (χ0) is 13.4. The molecule has 0 aromatic carbocycles. The Hall–Kier alpha value is -0.830. The van der Waals surface area contributed by atoms with Gasteiger partial charge in [0.1, 0.15) is 0 Å². The highest BCUT2D eigenvalue weighted by Crippen LogP contribution is 2.20. The number of unbranched alkanes of at least 4 members (excludes halogenated alkanes) is 1. The molecule has 3 heteroatoms. The van der Waals surface area contributed by atoms with Gasteiger partial charge in [0.05, 0.1) is 6.20 Å². The summed E-state index contributed by atoms with van der Waals surface area (Å²) in [6.07, 6.45) is 10.5. The molecule has 0 saturated carbocycles. The van der Waals surface area contributed by atoms with Gasteiger partial charge in [0.25, 0.3) is 0 Å². The van der Waals surface area contributed by atoms with Crippen LogP contribution in [-0.2, 0) is 13.5 Å². The number of likely N-dealkylation sites (N-methyl/N-ethyl adjacent to an activating group) is 1. The van der Waals surface area contributed by atoms with Crippen molar-refractivity contribution in [2.45, 2.75) is 58.9 Å². The van der Waals surface area contributed by atoms with E-state index in [0.29, 0.717) is 6.04 Å². The minimum Gasteiger partial charge on any atom is -0.314 e. The monoisotopic (exact) mass is 251 g/mol. The van der Waals surface area contributed by atoms with Gasteiger partial charge in [-0.2, -0.15) is 5.10 Å². The number of nitrogens with zero attached hydrogens (tertiary/aromatic N) is 2. The lowest BCUT2D eigenvalue weighted by molar-refractivity contribution is 0.319. The summed E-state index contributed by atoms with van der Waals surface area (Å²) in [7, 11) is 1.99. The van der Waals surface area contributed by atoms with E-state index in [9.17, 15) is 0 Å². The molecule has 0 bridgehead atoms. The van der Waals surface area contributed by atoms with Crippen molar-refractivity contribution in [3.63, 3.8) is 0 Å². The largest absolute Gasteiger partial charge is 0.314 e. The highest BCUT2D eigenvalue weighted by molar-refractivity contribution is 5.06. The standard InChI is InChI=1S/C15H29N3/c1-5-8-9-14(6-2)15(16-7-3)10-13-11-17-18(4)12-13/h11-12,14-16H,5-10H2,1-4H3. The fourth-order valence-electron chi connectivity index (χ4n) is 2.66. The summed E-state index contributed by atoms with van der Waals surface area (Å²) in [5, 5.41) is 7.93. The third-order valence-corrected chi connectivity index (χ3v) is 3.70. The van der Waals surface area contributed by atoms with E-state index in [1.54, 1.807) is 0 Å². The van der Waals surface area contributed by atoms with Gasteiger partial charge in [-0.25, -0.2) is 0 Å². The second kappa shape index (κ2) is 8.30. The molecule has 0 fully saturated rings. The first-order chi connectivity index (χ1) is 8.71. The van der Waals surface area contributed by atoms with Gasteiger partial charge in [-0.1, -0.05) is 40.0 Å². The van der Waals surface area contributed by atoms with Crippen LogP contribution < -0.4 is 5.32 Å². The first kappa shape index (κ1) is 15.2. The van der Waals surface area contributed by atoms with Crippen LogP contribution in [0.4, 0.5) is 0 Å². The van der Waals surface area contributed by atoms with Crippen LogP contribution in [0, 0.1) is 5.92 Å². The van der Waals surface area contributed by atoms with Gasteiger partial charge in [0.15, 0.2) is 0 Å². The van der Waals surface area contributed by atoms with Crippen LogP contribution in [0.1, 0.15) is 52.0 Å². The maximum Gasteiger partial charge on any atom is 0.0522 e. The van der Waals surface area contributed by atoms with E-state index in [2.05, 4.69) is 37.4 Å². The summed E-state index contributed by atoms with van der Waals surface area (Å²) >= 11 is 0. The normalized spacial score (nSPS) is 14.7. The predicted molar refractivity (Wildman–Crippen MR) is 77.7 cm³/mol. The first-order valence-corrected chi connectivity index (χ1v) is 7.42. The molecule has 1 heterocycles. The minimum atomic E-state index is 0.593. The van der Waals surface area contributed by atoms with Crippen molar-refractivity contribution in [2.24, 2.45) is 13.0 Å². The van der Waals surface area contributed by atoms with Crippen LogP contribution in [0.15, 0.2) is 12.4 Å². The van der Waals surface area contributed by atoms with Gasteiger partial charge in [0, 0.05) is 19.3 Å². The van der Waals surface area contributed by atoms with Crippen LogP contribution >= 0.6 is 0 Å². The van der Waals surface area contributed by atoms with Crippen molar-refractivity contribution in [3.05, 3.63) is 18.0 Å². The topological polar surface area (TPSA) is 29.9 Å². The average Bonchev–Trinajstić information content (AvgIpc) is 2.76. The molecular formula is C15H29N3. The maximum atomic E-state index is 4.27. The van der Waals surface area contributed by atoms with Gasteiger partial charge in [-0.3, -0.25) is 4.68 Å². The van der Waals surface area contributed by atoms with Crippen LogP contribution in [0.3, 0.4) is 0 Å². The van der Waals surface area contributed by atoms with Gasteiger partial charge in [-0.05, 0) is 30.9 Å². The molecular weight excluding hydrogens is 222 g/mol. The van der Waals surface area contributed by atoms with Crippen LogP contribution in [-0.4, -0.2) is 22.4 Å². The van der Waals surface area contributed by atoms with Gasteiger partial charge >= 0.3 is 0 Å². The van der Waals surface area contributed by atoms with E-state index < -0.39 is 0 Å². The van der Waals surface area contributed by atoms with E-state index in [0.717, 1.165) is 18.9 Å². The molecule has 1 rings (SSSR count). The molecule has 1 aromatic heterocycles. The van der Waals surface area contributed by atoms with Crippen molar-refractivity contribution in [2.75, 3.05) is 6.54 Å². The van der Waals surface area contributed by atoms with Crippen LogP contribution in [0.5, 0.6) is 0 Å².